The molecule has 1 aliphatic heterocycles. The highest BCUT2D eigenvalue weighted by Gasteiger charge is 2.29. The Morgan fingerprint density at radius 3 is 2.95 bits per heavy atom. The topological polar surface area (TPSA) is 104 Å². The Bertz CT molecular complexity index is 1660. The van der Waals surface area contributed by atoms with Crippen LogP contribution < -0.4 is 5.73 Å². The number of anilines is 1. The summed E-state index contributed by atoms with van der Waals surface area (Å²) in [7, 11) is 2.04. The van der Waals surface area contributed by atoms with Crippen LogP contribution in [0.25, 0.3) is 27.5 Å². The summed E-state index contributed by atoms with van der Waals surface area (Å²) in [4.78, 5) is 22.9. The number of rotatable bonds is 6. The number of fused-ring (bicyclic) bond motifs is 2. The highest BCUT2D eigenvalue weighted by atomic mass is 35.5. The van der Waals surface area contributed by atoms with Gasteiger partial charge in [0.1, 0.15) is 30.2 Å². The van der Waals surface area contributed by atoms with Crippen molar-refractivity contribution in [2.75, 3.05) is 18.8 Å². The van der Waals surface area contributed by atoms with Crippen LogP contribution >= 0.6 is 11.6 Å². The summed E-state index contributed by atoms with van der Waals surface area (Å²) in [5, 5.41) is 7.42. The van der Waals surface area contributed by atoms with Gasteiger partial charge in [0.05, 0.1) is 16.5 Å². The van der Waals surface area contributed by atoms with E-state index >= 15 is 0 Å². The van der Waals surface area contributed by atoms with Crippen LogP contribution in [-0.4, -0.2) is 48.2 Å². The largest absolute Gasteiger partial charge is 0.492 e. The number of nitrogens with two attached hydrogens (primary N) is 1. The van der Waals surface area contributed by atoms with Gasteiger partial charge in [0, 0.05) is 49.2 Å². The third-order valence-electron chi connectivity index (χ3n) is 7.62. The van der Waals surface area contributed by atoms with Crippen molar-refractivity contribution in [1.82, 2.24) is 29.2 Å². The molecular weight excluding hydrogens is 514 g/mol. The standard InChI is InChI=1S/C29H30ClN7O2/c1-3-25(38)36-12-6-7-20(15-36)37-29-26(28(31)32-17-33-29)27(34-37)18-10-11-24(22(30)13-18)39-16-19-14-35(2)23-9-5-4-8-21(19)23/h3-5,8-9,13-14,17,20H,1,6-7,10-12,15-16H2,2H3,(H2,31,32,33)/t20-/m1/s1. The van der Waals surface area contributed by atoms with Gasteiger partial charge in [0.15, 0.2) is 5.65 Å². The first-order valence-electron chi connectivity index (χ1n) is 13.1. The van der Waals surface area contributed by atoms with Gasteiger partial charge >= 0.3 is 0 Å². The second-order valence-electron chi connectivity index (χ2n) is 10.0. The SMILES string of the molecule is C=CC(=O)N1CCC[C@@H](n2nc(C3=CC(Cl)=C(OCc4cn(C)c5ccccc45)CC3)c3c(N)ncnc32)C1. The van der Waals surface area contributed by atoms with E-state index in [1.807, 2.05) is 29.9 Å². The van der Waals surface area contributed by atoms with Gasteiger partial charge in [0.25, 0.3) is 0 Å². The normalized spacial score (nSPS) is 18.1. The second kappa shape index (κ2) is 10.2. The maximum Gasteiger partial charge on any atom is 0.246 e. The van der Waals surface area contributed by atoms with E-state index in [2.05, 4.69) is 39.4 Å². The molecule has 1 aliphatic carbocycles. The van der Waals surface area contributed by atoms with Crippen LogP contribution in [0.3, 0.4) is 0 Å². The minimum absolute atomic E-state index is 0.0250. The molecular formula is C29H30ClN7O2. The fourth-order valence-corrected chi connectivity index (χ4v) is 5.95. The molecule has 0 radical (unpaired) electrons. The average molecular weight is 544 g/mol. The first kappa shape index (κ1) is 25.2. The van der Waals surface area contributed by atoms with Crippen LogP contribution in [0.5, 0.6) is 0 Å². The Hall–Kier alpha value is -4.11. The lowest BCUT2D eigenvalue weighted by Gasteiger charge is -2.32. The summed E-state index contributed by atoms with van der Waals surface area (Å²) < 4.78 is 10.2. The molecule has 1 fully saturated rings. The fourth-order valence-electron chi connectivity index (χ4n) is 5.67. The van der Waals surface area contributed by atoms with Gasteiger partial charge in [-0.2, -0.15) is 5.10 Å². The van der Waals surface area contributed by atoms with E-state index in [4.69, 9.17) is 27.2 Å². The summed E-state index contributed by atoms with van der Waals surface area (Å²) in [6.45, 7) is 5.32. The van der Waals surface area contributed by atoms with Gasteiger partial charge in [-0.1, -0.05) is 36.4 Å². The molecule has 0 bridgehead atoms. The van der Waals surface area contributed by atoms with E-state index in [1.165, 1.54) is 23.3 Å². The van der Waals surface area contributed by atoms with Crippen molar-refractivity contribution in [2.24, 2.45) is 7.05 Å². The van der Waals surface area contributed by atoms with Crippen LogP contribution in [0.2, 0.25) is 0 Å². The number of allylic oxidation sites excluding steroid dienone is 4. The number of carbonyl (C=O) groups excluding carboxylic acids is 1. The van der Waals surface area contributed by atoms with Gasteiger partial charge in [0.2, 0.25) is 5.91 Å². The number of aromatic nitrogens is 5. The van der Waals surface area contributed by atoms with Gasteiger partial charge in [-0.25, -0.2) is 14.6 Å². The van der Waals surface area contributed by atoms with E-state index < -0.39 is 0 Å². The number of benzene rings is 1. The average Bonchev–Trinajstić information content (AvgIpc) is 3.51. The number of hydrogen-bond acceptors (Lipinski definition) is 6. The molecule has 0 saturated carbocycles. The molecule has 200 valence electrons. The number of nitrogen functional groups attached to an aromatic ring is 1. The predicted octanol–water partition coefficient (Wildman–Crippen LogP) is 5.09. The number of amides is 1. The highest BCUT2D eigenvalue weighted by molar-refractivity contribution is 6.32. The third-order valence-corrected chi connectivity index (χ3v) is 7.94. The lowest BCUT2D eigenvalue weighted by atomic mass is 9.99. The fraction of sp³-hybridized carbons (Fsp3) is 0.310. The predicted molar refractivity (Wildman–Crippen MR) is 153 cm³/mol. The molecule has 3 aromatic heterocycles. The zero-order chi connectivity index (χ0) is 27.1. The van der Waals surface area contributed by atoms with Gasteiger partial charge in [-0.15, -0.1) is 0 Å². The molecule has 9 nitrogen and oxygen atoms in total. The third kappa shape index (κ3) is 4.57. The van der Waals surface area contributed by atoms with Gasteiger partial charge in [-0.05, 0) is 43.1 Å². The van der Waals surface area contributed by atoms with Crippen molar-refractivity contribution >= 4 is 50.8 Å². The number of ether oxygens (including phenoxy) is 1. The van der Waals surface area contributed by atoms with Crippen LogP contribution in [0.1, 0.15) is 43.0 Å². The lowest BCUT2D eigenvalue weighted by Crippen LogP contribution is -2.40. The van der Waals surface area contributed by atoms with Crippen molar-refractivity contribution in [2.45, 2.75) is 38.3 Å². The zero-order valence-corrected chi connectivity index (χ0v) is 22.6. The number of hydrogen-bond donors (Lipinski definition) is 1. The van der Waals surface area contributed by atoms with E-state index in [0.29, 0.717) is 54.4 Å². The van der Waals surface area contributed by atoms with Crippen molar-refractivity contribution in [1.29, 1.82) is 0 Å². The molecule has 4 aromatic rings. The van der Waals surface area contributed by atoms with E-state index in [-0.39, 0.29) is 11.9 Å². The minimum Gasteiger partial charge on any atom is -0.492 e. The van der Waals surface area contributed by atoms with Crippen LogP contribution in [0, 0.1) is 0 Å². The number of halogens is 1. The molecule has 2 aliphatic rings. The van der Waals surface area contributed by atoms with Crippen LogP contribution in [-0.2, 0) is 23.2 Å². The van der Waals surface area contributed by atoms with E-state index in [0.717, 1.165) is 35.4 Å². The summed E-state index contributed by atoms with van der Waals surface area (Å²) >= 11 is 6.76. The Balaban J connectivity index is 1.30. The summed E-state index contributed by atoms with van der Waals surface area (Å²) in [5.74, 6) is 1.05. The molecule has 0 spiro atoms. The van der Waals surface area contributed by atoms with Crippen molar-refractivity contribution in [3.63, 3.8) is 0 Å². The Kier molecular flexibility index (Phi) is 6.60. The monoisotopic (exact) mass is 543 g/mol. The van der Waals surface area contributed by atoms with E-state index in [1.54, 1.807) is 4.90 Å². The molecule has 1 aromatic carbocycles. The summed E-state index contributed by atoms with van der Waals surface area (Å²) in [6.07, 6.45) is 9.90. The van der Waals surface area contributed by atoms with Crippen molar-refractivity contribution in [3.8, 4) is 0 Å². The first-order chi connectivity index (χ1) is 18.9. The number of piperidine rings is 1. The summed E-state index contributed by atoms with van der Waals surface area (Å²) in [6, 6.07) is 8.25. The van der Waals surface area contributed by atoms with Crippen LogP contribution in [0.4, 0.5) is 5.82 Å². The maximum absolute atomic E-state index is 12.3. The number of para-hydroxylation sites is 1. The molecule has 1 saturated heterocycles. The molecule has 0 unspecified atom stereocenters. The number of aryl methyl sites for hydroxylation is 1. The van der Waals surface area contributed by atoms with Crippen molar-refractivity contribution < 1.29 is 9.53 Å². The second-order valence-corrected chi connectivity index (χ2v) is 10.5. The molecule has 39 heavy (non-hydrogen) atoms. The van der Waals surface area contributed by atoms with E-state index in [9.17, 15) is 4.79 Å². The quantitative estimate of drug-likeness (QED) is 0.339. The zero-order valence-electron chi connectivity index (χ0n) is 21.8. The number of likely N-dealkylation sites (tertiary alicyclic amines) is 1. The molecule has 4 heterocycles. The Labute approximate surface area is 231 Å². The molecule has 6 rings (SSSR count). The van der Waals surface area contributed by atoms with Crippen LogP contribution in [0.15, 0.2) is 66.3 Å². The summed E-state index contributed by atoms with van der Waals surface area (Å²) in [5.41, 5.74) is 11.0. The Morgan fingerprint density at radius 2 is 2.13 bits per heavy atom. The van der Waals surface area contributed by atoms with Crippen molar-refractivity contribution in [3.05, 3.63) is 77.6 Å². The maximum atomic E-state index is 12.3. The highest BCUT2D eigenvalue weighted by Crippen LogP contribution is 2.38. The minimum atomic E-state index is -0.0755. The molecule has 2 N–H and O–H groups in total. The smallest absolute Gasteiger partial charge is 0.246 e. The van der Waals surface area contributed by atoms with Gasteiger partial charge in [-0.3, -0.25) is 4.79 Å². The molecule has 10 heteroatoms. The number of nitrogens with zero attached hydrogens (tertiary/aromatic N) is 6. The molecule has 1 atom stereocenters. The Morgan fingerprint density at radius 1 is 1.28 bits per heavy atom. The molecule has 1 amide bonds. The lowest BCUT2D eigenvalue weighted by molar-refractivity contribution is -0.127. The van der Waals surface area contributed by atoms with Gasteiger partial charge < -0.3 is 19.9 Å². The first-order valence-corrected chi connectivity index (χ1v) is 13.5. The number of carbonyl (C=O) groups is 1.